The van der Waals surface area contributed by atoms with E-state index in [1.165, 1.54) is 0 Å². The van der Waals surface area contributed by atoms with Crippen molar-refractivity contribution >= 4 is 38.9 Å². The van der Waals surface area contributed by atoms with E-state index in [-0.39, 0.29) is 5.91 Å². The minimum atomic E-state index is -3.71. The number of rotatable bonds is 6. The van der Waals surface area contributed by atoms with Crippen LogP contribution < -0.4 is 9.62 Å². The highest BCUT2D eigenvalue weighted by Crippen LogP contribution is 2.29. The van der Waals surface area contributed by atoms with Gasteiger partial charge in [-0.15, -0.1) is 0 Å². The molecule has 5 nitrogen and oxygen atoms in total. The van der Waals surface area contributed by atoms with Crippen molar-refractivity contribution in [3.8, 4) is 0 Å². The fraction of sp³-hybridized carbons (Fsp3) is 0.350. The fourth-order valence-electron chi connectivity index (χ4n) is 3.03. The Hall–Kier alpha value is -2.05. The van der Waals surface area contributed by atoms with Crippen molar-refractivity contribution < 1.29 is 13.2 Å². The number of carbonyl (C=O) groups excluding carboxylic acids is 1. The Labute approximate surface area is 166 Å². The Morgan fingerprint density at radius 2 is 1.78 bits per heavy atom. The second-order valence-corrected chi connectivity index (χ2v) is 9.02. The average Bonchev–Trinajstić information content (AvgIpc) is 2.56. The SMILES string of the molecule is CCC(C(=O)Nc1ccc(C)cc1C)N(c1cc(Cl)ccc1C)S(C)(=O)=O. The summed E-state index contributed by atoms with van der Waals surface area (Å²) in [6.07, 6.45) is 1.41. The second kappa shape index (κ2) is 8.31. The topological polar surface area (TPSA) is 66.5 Å². The van der Waals surface area contributed by atoms with E-state index in [9.17, 15) is 13.2 Å². The molecule has 0 fully saturated rings. The van der Waals surface area contributed by atoms with Gasteiger partial charge in [0.05, 0.1) is 11.9 Å². The average molecular weight is 409 g/mol. The first-order valence-electron chi connectivity index (χ1n) is 8.68. The lowest BCUT2D eigenvalue weighted by Gasteiger charge is -2.31. The molecule has 0 aliphatic heterocycles. The Morgan fingerprint density at radius 3 is 2.33 bits per heavy atom. The molecule has 0 bridgehead atoms. The van der Waals surface area contributed by atoms with Gasteiger partial charge in [0.1, 0.15) is 6.04 Å². The molecule has 146 valence electrons. The van der Waals surface area contributed by atoms with Crippen LogP contribution in [0.1, 0.15) is 30.0 Å². The summed E-state index contributed by atoms with van der Waals surface area (Å²) in [5.74, 6) is -0.380. The lowest BCUT2D eigenvalue weighted by molar-refractivity contribution is -0.117. The molecule has 2 aromatic carbocycles. The van der Waals surface area contributed by atoms with Crippen LogP contribution in [0, 0.1) is 20.8 Å². The third kappa shape index (κ3) is 5.02. The van der Waals surface area contributed by atoms with Gasteiger partial charge in [0.15, 0.2) is 0 Å². The van der Waals surface area contributed by atoms with Gasteiger partial charge >= 0.3 is 0 Å². The van der Waals surface area contributed by atoms with Crippen LogP contribution in [0.25, 0.3) is 0 Å². The fourth-order valence-corrected chi connectivity index (χ4v) is 4.45. The molecule has 0 spiro atoms. The number of halogens is 1. The van der Waals surface area contributed by atoms with Crippen molar-refractivity contribution in [3.05, 3.63) is 58.1 Å². The number of sulfonamides is 1. The Morgan fingerprint density at radius 1 is 1.11 bits per heavy atom. The minimum absolute atomic E-state index is 0.315. The standard InChI is InChI=1S/C20H25ClN2O3S/c1-6-18(20(24)22-17-10-7-13(2)11-15(17)4)23(27(5,25)26)19-12-16(21)9-8-14(19)3/h7-12,18H,6H2,1-5H3,(H,22,24). The molecule has 1 amide bonds. The molecule has 0 saturated heterocycles. The summed E-state index contributed by atoms with van der Waals surface area (Å²) in [7, 11) is -3.71. The predicted molar refractivity (Wildman–Crippen MR) is 112 cm³/mol. The van der Waals surface area contributed by atoms with E-state index in [0.717, 1.165) is 27.3 Å². The number of nitrogens with zero attached hydrogens (tertiary/aromatic N) is 1. The van der Waals surface area contributed by atoms with Crippen molar-refractivity contribution in [1.82, 2.24) is 0 Å². The highest BCUT2D eigenvalue weighted by molar-refractivity contribution is 7.92. The number of carbonyl (C=O) groups is 1. The number of aryl methyl sites for hydroxylation is 3. The first kappa shape index (κ1) is 21.3. The van der Waals surface area contributed by atoms with Gasteiger partial charge in [-0.25, -0.2) is 8.42 Å². The normalized spacial score (nSPS) is 12.5. The maximum Gasteiger partial charge on any atom is 0.248 e. The lowest BCUT2D eigenvalue weighted by atomic mass is 10.1. The molecule has 1 N–H and O–H groups in total. The molecule has 2 rings (SSSR count). The zero-order valence-electron chi connectivity index (χ0n) is 16.2. The summed E-state index contributed by atoms with van der Waals surface area (Å²) in [6.45, 7) is 7.45. The van der Waals surface area contributed by atoms with E-state index >= 15 is 0 Å². The predicted octanol–water partition coefficient (Wildman–Crippen LogP) is 4.45. The van der Waals surface area contributed by atoms with E-state index < -0.39 is 16.1 Å². The summed E-state index contributed by atoms with van der Waals surface area (Å²) < 4.78 is 26.3. The third-order valence-corrected chi connectivity index (χ3v) is 5.78. The van der Waals surface area contributed by atoms with Crippen molar-refractivity contribution in [2.24, 2.45) is 0 Å². The van der Waals surface area contributed by atoms with Gasteiger partial charge in [0.25, 0.3) is 0 Å². The molecule has 2 aromatic rings. The molecule has 27 heavy (non-hydrogen) atoms. The zero-order chi connectivity index (χ0) is 20.4. The van der Waals surface area contributed by atoms with Crippen LogP contribution in [0.5, 0.6) is 0 Å². The molecule has 0 saturated carbocycles. The molecule has 7 heteroatoms. The summed E-state index contributed by atoms with van der Waals surface area (Å²) in [5, 5.41) is 3.28. The van der Waals surface area contributed by atoms with Crippen LogP contribution in [0.3, 0.4) is 0 Å². The van der Waals surface area contributed by atoms with E-state index in [1.54, 1.807) is 32.0 Å². The van der Waals surface area contributed by atoms with Crippen LogP contribution in [0.4, 0.5) is 11.4 Å². The van der Waals surface area contributed by atoms with Gasteiger partial charge in [0, 0.05) is 10.7 Å². The summed E-state index contributed by atoms with van der Waals surface area (Å²) in [5.41, 5.74) is 3.81. The second-order valence-electron chi connectivity index (χ2n) is 6.72. The molecule has 0 aromatic heterocycles. The number of benzene rings is 2. The molecule has 1 unspecified atom stereocenters. The smallest absolute Gasteiger partial charge is 0.248 e. The zero-order valence-corrected chi connectivity index (χ0v) is 17.8. The largest absolute Gasteiger partial charge is 0.324 e. The van der Waals surface area contributed by atoms with Crippen LogP contribution in [-0.4, -0.2) is 26.6 Å². The maximum absolute atomic E-state index is 13.0. The minimum Gasteiger partial charge on any atom is -0.324 e. The van der Waals surface area contributed by atoms with E-state index in [2.05, 4.69) is 5.32 Å². The summed E-state index contributed by atoms with van der Waals surface area (Å²) in [6, 6.07) is 9.81. The first-order chi connectivity index (χ1) is 12.5. The van der Waals surface area contributed by atoms with Gasteiger partial charge in [-0.2, -0.15) is 0 Å². The van der Waals surface area contributed by atoms with Gasteiger partial charge in [-0.1, -0.05) is 42.3 Å². The van der Waals surface area contributed by atoms with Gasteiger partial charge in [-0.05, 0) is 56.5 Å². The third-order valence-electron chi connectivity index (χ3n) is 4.38. The number of nitrogens with one attached hydrogen (secondary N) is 1. The Bertz CT molecular complexity index is 958. The molecule has 0 heterocycles. The monoisotopic (exact) mass is 408 g/mol. The van der Waals surface area contributed by atoms with Crippen molar-refractivity contribution in [2.45, 2.75) is 40.2 Å². The quantitative estimate of drug-likeness (QED) is 0.767. The van der Waals surface area contributed by atoms with E-state index in [0.29, 0.717) is 22.8 Å². The summed E-state index contributed by atoms with van der Waals surface area (Å²) in [4.78, 5) is 13.0. The number of amides is 1. The van der Waals surface area contributed by atoms with Gasteiger partial charge in [-0.3, -0.25) is 9.10 Å². The number of anilines is 2. The van der Waals surface area contributed by atoms with Gasteiger partial charge < -0.3 is 5.32 Å². The molecular formula is C20H25ClN2O3S. The highest BCUT2D eigenvalue weighted by atomic mass is 35.5. The molecule has 0 radical (unpaired) electrons. The molecular weight excluding hydrogens is 384 g/mol. The van der Waals surface area contributed by atoms with Crippen molar-refractivity contribution in [3.63, 3.8) is 0 Å². The van der Waals surface area contributed by atoms with E-state index in [4.69, 9.17) is 11.6 Å². The molecule has 0 aliphatic rings. The Balaban J connectivity index is 2.46. The van der Waals surface area contributed by atoms with Crippen LogP contribution in [-0.2, 0) is 14.8 Å². The Kier molecular flexibility index (Phi) is 6.54. The first-order valence-corrected chi connectivity index (χ1v) is 10.9. The lowest BCUT2D eigenvalue weighted by Crippen LogP contribution is -2.47. The molecule has 0 aliphatic carbocycles. The van der Waals surface area contributed by atoms with Crippen molar-refractivity contribution in [2.75, 3.05) is 15.9 Å². The maximum atomic E-state index is 13.0. The number of hydrogen-bond donors (Lipinski definition) is 1. The summed E-state index contributed by atoms with van der Waals surface area (Å²) >= 11 is 6.08. The van der Waals surface area contributed by atoms with Gasteiger partial charge in [0.2, 0.25) is 15.9 Å². The van der Waals surface area contributed by atoms with Crippen LogP contribution in [0.15, 0.2) is 36.4 Å². The van der Waals surface area contributed by atoms with Crippen LogP contribution in [0.2, 0.25) is 5.02 Å². The van der Waals surface area contributed by atoms with E-state index in [1.807, 2.05) is 32.0 Å². The molecule has 1 atom stereocenters. The number of hydrogen-bond acceptors (Lipinski definition) is 3. The van der Waals surface area contributed by atoms with Crippen LogP contribution >= 0.6 is 11.6 Å². The highest BCUT2D eigenvalue weighted by Gasteiger charge is 2.32. The van der Waals surface area contributed by atoms with Crippen molar-refractivity contribution in [1.29, 1.82) is 0 Å².